The van der Waals surface area contributed by atoms with E-state index in [-0.39, 0.29) is 11.8 Å². The number of nitrogens with one attached hydrogen (secondary N) is 2. The van der Waals surface area contributed by atoms with Crippen molar-refractivity contribution < 1.29 is 9.59 Å². The van der Waals surface area contributed by atoms with E-state index in [1.807, 2.05) is 13.8 Å². The number of carbonyl (C=O) groups excluding carboxylic acids is 2. The van der Waals surface area contributed by atoms with Crippen molar-refractivity contribution in [2.45, 2.75) is 26.2 Å². The maximum atomic E-state index is 11.7. The molecular formula is C10H14N4O2. The molecule has 16 heavy (non-hydrogen) atoms. The van der Waals surface area contributed by atoms with Crippen LogP contribution in [0.25, 0.3) is 0 Å². The highest BCUT2D eigenvalue weighted by Crippen LogP contribution is 2.38. The van der Waals surface area contributed by atoms with Crippen LogP contribution in [0.4, 0.5) is 5.82 Å². The summed E-state index contributed by atoms with van der Waals surface area (Å²) in [7, 11) is 0. The minimum atomic E-state index is -0.797. The first kappa shape index (κ1) is 10.7. The van der Waals surface area contributed by atoms with Gasteiger partial charge < -0.3 is 11.1 Å². The van der Waals surface area contributed by atoms with Gasteiger partial charge in [-0.2, -0.15) is 5.10 Å². The molecule has 0 saturated carbocycles. The topological polar surface area (TPSA) is 101 Å². The van der Waals surface area contributed by atoms with Gasteiger partial charge >= 0.3 is 0 Å². The molecule has 2 amide bonds. The van der Waals surface area contributed by atoms with Gasteiger partial charge in [0.05, 0.1) is 0 Å². The van der Waals surface area contributed by atoms with Gasteiger partial charge in [-0.15, -0.1) is 0 Å². The Morgan fingerprint density at radius 2 is 2.25 bits per heavy atom. The molecule has 86 valence electrons. The molecule has 1 aliphatic heterocycles. The highest BCUT2D eigenvalue weighted by molar-refractivity contribution is 6.08. The van der Waals surface area contributed by atoms with Crippen molar-refractivity contribution in [3.05, 3.63) is 11.3 Å². The number of primary amides is 1. The van der Waals surface area contributed by atoms with Gasteiger partial charge in [0.2, 0.25) is 11.8 Å². The number of aromatic amines is 1. The summed E-state index contributed by atoms with van der Waals surface area (Å²) in [6.45, 7) is 3.79. The molecule has 6 heteroatoms. The normalized spacial score (nSPS) is 23.8. The largest absolute Gasteiger partial charge is 0.369 e. The van der Waals surface area contributed by atoms with E-state index in [0.29, 0.717) is 12.2 Å². The van der Waals surface area contributed by atoms with Crippen molar-refractivity contribution in [1.29, 1.82) is 0 Å². The quantitative estimate of drug-likeness (QED) is 0.626. The molecule has 0 aliphatic carbocycles. The molecule has 0 aromatic carbocycles. The molecule has 6 nitrogen and oxygen atoms in total. The number of anilines is 1. The second kappa shape index (κ2) is 3.62. The zero-order valence-corrected chi connectivity index (χ0v) is 9.20. The summed E-state index contributed by atoms with van der Waals surface area (Å²) >= 11 is 0. The third-order valence-corrected chi connectivity index (χ3v) is 3.04. The summed E-state index contributed by atoms with van der Waals surface area (Å²) in [6.07, 6.45) is 0.675. The summed E-state index contributed by atoms with van der Waals surface area (Å²) < 4.78 is 0. The van der Waals surface area contributed by atoms with Crippen LogP contribution >= 0.6 is 0 Å². The van der Waals surface area contributed by atoms with E-state index in [4.69, 9.17) is 5.73 Å². The van der Waals surface area contributed by atoms with Gasteiger partial charge in [-0.05, 0) is 13.3 Å². The standard InChI is InChI=1S/C10H14N4O2/c1-3-5-6-4(2)13-14-9(6)12-10(16)7(5)8(11)15/h5,7H,3H2,1-2H3,(H2,11,15)(H2,12,13,14,16). The van der Waals surface area contributed by atoms with Crippen LogP contribution in [0.5, 0.6) is 0 Å². The Bertz CT molecular complexity index is 452. The van der Waals surface area contributed by atoms with Crippen LogP contribution in [0, 0.1) is 12.8 Å². The molecule has 1 aromatic rings. The Kier molecular flexibility index (Phi) is 2.41. The molecule has 0 spiro atoms. The number of aromatic nitrogens is 2. The van der Waals surface area contributed by atoms with Gasteiger partial charge in [0.15, 0.2) is 5.82 Å². The lowest BCUT2D eigenvalue weighted by Gasteiger charge is -2.27. The molecule has 2 rings (SSSR count). The second-order valence-corrected chi connectivity index (χ2v) is 3.99. The monoisotopic (exact) mass is 222 g/mol. The second-order valence-electron chi connectivity index (χ2n) is 3.99. The summed E-state index contributed by atoms with van der Waals surface area (Å²) in [5.41, 5.74) is 7.03. The number of nitrogens with zero attached hydrogens (tertiary/aromatic N) is 1. The van der Waals surface area contributed by atoms with Crippen LogP contribution < -0.4 is 11.1 Å². The van der Waals surface area contributed by atoms with Crippen molar-refractivity contribution in [3.63, 3.8) is 0 Å². The molecule has 2 unspecified atom stereocenters. The Morgan fingerprint density at radius 1 is 1.56 bits per heavy atom. The van der Waals surface area contributed by atoms with E-state index in [9.17, 15) is 9.59 Å². The Labute approximate surface area is 92.6 Å². The Hall–Kier alpha value is -1.85. The lowest BCUT2D eigenvalue weighted by molar-refractivity contribution is -0.131. The van der Waals surface area contributed by atoms with Gasteiger partial charge in [0, 0.05) is 17.2 Å². The molecule has 4 N–H and O–H groups in total. The van der Waals surface area contributed by atoms with Crippen LogP contribution in [0.15, 0.2) is 0 Å². The van der Waals surface area contributed by atoms with Gasteiger partial charge in [-0.25, -0.2) is 0 Å². The number of aryl methyl sites for hydroxylation is 1. The fourth-order valence-electron chi connectivity index (χ4n) is 2.30. The zero-order valence-electron chi connectivity index (χ0n) is 9.20. The lowest BCUT2D eigenvalue weighted by Crippen LogP contribution is -2.41. The van der Waals surface area contributed by atoms with Crippen molar-refractivity contribution in [2.24, 2.45) is 11.7 Å². The maximum absolute atomic E-state index is 11.7. The van der Waals surface area contributed by atoms with Crippen LogP contribution in [-0.2, 0) is 9.59 Å². The maximum Gasteiger partial charge on any atom is 0.238 e. The fraction of sp³-hybridized carbons (Fsp3) is 0.500. The van der Waals surface area contributed by atoms with Crippen LogP contribution in [0.2, 0.25) is 0 Å². The summed E-state index contributed by atoms with van der Waals surface area (Å²) in [4.78, 5) is 23.0. The molecule has 0 saturated heterocycles. The molecule has 2 atom stereocenters. The van der Waals surface area contributed by atoms with E-state index in [2.05, 4.69) is 15.5 Å². The van der Waals surface area contributed by atoms with Gasteiger partial charge in [-0.3, -0.25) is 14.7 Å². The third kappa shape index (κ3) is 1.37. The molecule has 2 heterocycles. The van der Waals surface area contributed by atoms with Gasteiger partial charge in [0.1, 0.15) is 5.92 Å². The first-order valence-electron chi connectivity index (χ1n) is 5.21. The minimum Gasteiger partial charge on any atom is -0.369 e. The van der Waals surface area contributed by atoms with Gasteiger partial charge in [-0.1, -0.05) is 6.92 Å². The number of hydrogen-bond acceptors (Lipinski definition) is 3. The van der Waals surface area contributed by atoms with E-state index in [0.717, 1.165) is 11.3 Å². The average molecular weight is 222 g/mol. The first-order chi connectivity index (χ1) is 7.56. The van der Waals surface area contributed by atoms with Crippen molar-refractivity contribution in [2.75, 3.05) is 5.32 Å². The summed E-state index contributed by atoms with van der Waals surface area (Å²) in [5.74, 6) is -1.41. The average Bonchev–Trinajstić information content (AvgIpc) is 2.57. The molecule has 0 fully saturated rings. The van der Waals surface area contributed by atoms with Crippen LogP contribution in [0.1, 0.15) is 30.5 Å². The lowest BCUT2D eigenvalue weighted by atomic mass is 9.80. The predicted molar refractivity (Wildman–Crippen MR) is 57.7 cm³/mol. The van der Waals surface area contributed by atoms with E-state index in [1.165, 1.54) is 0 Å². The van der Waals surface area contributed by atoms with Crippen molar-refractivity contribution >= 4 is 17.6 Å². The molecule has 0 bridgehead atoms. The van der Waals surface area contributed by atoms with E-state index in [1.54, 1.807) is 0 Å². The van der Waals surface area contributed by atoms with E-state index < -0.39 is 11.8 Å². The number of fused-ring (bicyclic) bond motifs is 1. The van der Waals surface area contributed by atoms with Crippen molar-refractivity contribution in [3.8, 4) is 0 Å². The minimum absolute atomic E-state index is 0.181. The van der Waals surface area contributed by atoms with Crippen molar-refractivity contribution in [1.82, 2.24) is 10.2 Å². The van der Waals surface area contributed by atoms with Gasteiger partial charge in [0.25, 0.3) is 0 Å². The number of H-pyrrole nitrogens is 1. The molecule has 1 aromatic heterocycles. The number of nitrogens with two attached hydrogens (primary N) is 1. The highest BCUT2D eigenvalue weighted by Gasteiger charge is 2.40. The molecule has 1 aliphatic rings. The molecule has 0 radical (unpaired) electrons. The van der Waals surface area contributed by atoms with E-state index >= 15 is 0 Å². The predicted octanol–water partition coefficient (Wildman–Crippen LogP) is 0.265. The Balaban J connectivity index is 2.52. The van der Waals surface area contributed by atoms with Crippen LogP contribution in [0.3, 0.4) is 0 Å². The Morgan fingerprint density at radius 3 is 2.81 bits per heavy atom. The fourth-order valence-corrected chi connectivity index (χ4v) is 2.30. The number of amides is 2. The summed E-state index contributed by atoms with van der Waals surface area (Å²) in [5, 5.41) is 9.39. The SMILES string of the molecule is CCC1c2c(n[nH]c2C)NC(=O)C1C(N)=O. The highest BCUT2D eigenvalue weighted by atomic mass is 16.2. The first-order valence-corrected chi connectivity index (χ1v) is 5.21. The zero-order chi connectivity index (χ0) is 11.9. The number of carbonyl (C=O) groups is 2. The third-order valence-electron chi connectivity index (χ3n) is 3.04. The van der Waals surface area contributed by atoms with Crippen LogP contribution in [-0.4, -0.2) is 22.0 Å². The summed E-state index contributed by atoms with van der Waals surface area (Å²) in [6, 6.07) is 0. The smallest absolute Gasteiger partial charge is 0.238 e. The number of hydrogen-bond donors (Lipinski definition) is 3. The molecular weight excluding hydrogens is 208 g/mol. The number of rotatable bonds is 2.